The van der Waals surface area contributed by atoms with Gasteiger partial charge in [-0.2, -0.15) is 4.98 Å². The fraction of sp³-hybridized carbons (Fsp3) is 0.520. The molecule has 3 aromatic rings. The van der Waals surface area contributed by atoms with Crippen molar-refractivity contribution < 1.29 is 18.3 Å². The summed E-state index contributed by atoms with van der Waals surface area (Å²) in [5.41, 5.74) is 1.35. The van der Waals surface area contributed by atoms with Crippen molar-refractivity contribution in [1.82, 2.24) is 24.8 Å². The molecule has 11 heteroatoms. The normalized spacial score (nSPS) is 20.5. The van der Waals surface area contributed by atoms with Gasteiger partial charge in [0.2, 0.25) is 17.8 Å². The molecule has 5 rings (SSSR count). The summed E-state index contributed by atoms with van der Waals surface area (Å²) in [5.74, 6) is -0.450. The lowest BCUT2D eigenvalue weighted by Crippen LogP contribution is -2.36. The van der Waals surface area contributed by atoms with E-state index in [0.717, 1.165) is 44.6 Å². The van der Waals surface area contributed by atoms with E-state index >= 15 is 0 Å². The molecule has 1 saturated heterocycles. The Morgan fingerprint density at radius 2 is 1.81 bits per heavy atom. The number of carbonyl (C=O) groups is 1. The first kappa shape index (κ1) is 25.7. The summed E-state index contributed by atoms with van der Waals surface area (Å²) in [7, 11) is 0. The van der Waals surface area contributed by atoms with Crippen molar-refractivity contribution >= 4 is 34.7 Å². The summed E-state index contributed by atoms with van der Waals surface area (Å²) in [6, 6.07) is 3.80. The standard InChI is InChI=1S/C24H29F2N7O2.CH4/c1-14(34)28-16-3-5-18(6-4-16)33-22-21(13-27-23(32-22)29-17-8-10-35-11-9-17)31-24(33)30-20-7-2-15(25)12-19(20)26;/h2,7,12-13,16-18H,3-6,8-11H2,1H3,(H,28,34)(H,30,31)(H,27,29,32);1H4. The van der Waals surface area contributed by atoms with Gasteiger partial charge in [-0.05, 0) is 50.7 Å². The van der Waals surface area contributed by atoms with Crippen molar-refractivity contribution in [3.05, 3.63) is 36.0 Å². The lowest BCUT2D eigenvalue weighted by molar-refractivity contribution is -0.119. The second-order valence-corrected chi connectivity index (χ2v) is 9.19. The summed E-state index contributed by atoms with van der Waals surface area (Å²) < 4.78 is 35.3. The molecule has 1 saturated carbocycles. The number of hydrogen-bond acceptors (Lipinski definition) is 7. The maximum Gasteiger partial charge on any atom is 0.224 e. The van der Waals surface area contributed by atoms with Gasteiger partial charge in [-0.15, -0.1) is 0 Å². The molecule has 1 amide bonds. The van der Waals surface area contributed by atoms with E-state index in [4.69, 9.17) is 9.72 Å². The lowest BCUT2D eigenvalue weighted by Gasteiger charge is -2.30. The average Bonchev–Trinajstić information content (AvgIpc) is 3.19. The Hall–Kier alpha value is -3.34. The van der Waals surface area contributed by atoms with Gasteiger partial charge in [0.05, 0.1) is 11.9 Å². The zero-order valence-electron chi connectivity index (χ0n) is 19.6. The quantitative estimate of drug-likeness (QED) is 0.450. The van der Waals surface area contributed by atoms with Crippen LogP contribution in [0, 0.1) is 11.6 Å². The molecule has 0 spiro atoms. The topological polar surface area (TPSA) is 106 Å². The third-order valence-corrected chi connectivity index (χ3v) is 6.63. The Balaban J connectivity index is 0.00000304. The van der Waals surface area contributed by atoms with E-state index in [1.54, 1.807) is 6.20 Å². The highest BCUT2D eigenvalue weighted by Gasteiger charge is 2.28. The Labute approximate surface area is 209 Å². The summed E-state index contributed by atoms with van der Waals surface area (Å²) in [6.07, 6.45) is 6.64. The van der Waals surface area contributed by atoms with Crippen LogP contribution in [0.1, 0.15) is 58.9 Å². The maximum absolute atomic E-state index is 14.4. The number of anilines is 3. The third-order valence-electron chi connectivity index (χ3n) is 6.63. The van der Waals surface area contributed by atoms with E-state index in [2.05, 4.69) is 25.9 Å². The van der Waals surface area contributed by atoms with Gasteiger partial charge in [0.1, 0.15) is 17.2 Å². The first-order valence-electron chi connectivity index (χ1n) is 12.0. The fourth-order valence-electron chi connectivity index (χ4n) is 4.90. The molecule has 2 fully saturated rings. The number of imidazole rings is 1. The highest BCUT2D eigenvalue weighted by atomic mass is 19.1. The summed E-state index contributed by atoms with van der Waals surface area (Å²) in [4.78, 5) is 25.4. The van der Waals surface area contributed by atoms with E-state index in [1.807, 2.05) is 4.57 Å². The van der Waals surface area contributed by atoms with E-state index in [1.165, 1.54) is 19.1 Å². The Morgan fingerprint density at radius 1 is 1.06 bits per heavy atom. The molecule has 1 aliphatic heterocycles. The zero-order chi connectivity index (χ0) is 24.4. The van der Waals surface area contributed by atoms with Crippen LogP contribution in [0.15, 0.2) is 24.4 Å². The van der Waals surface area contributed by atoms with E-state index in [-0.39, 0.29) is 37.1 Å². The van der Waals surface area contributed by atoms with Crippen molar-refractivity contribution in [3.63, 3.8) is 0 Å². The largest absolute Gasteiger partial charge is 0.381 e. The van der Waals surface area contributed by atoms with Crippen LogP contribution in [0.2, 0.25) is 0 Å². The predicted octanol–water partition coefficient (Wildman–Crippen LogP) is 4.69. The number of hydrogen-bond donors (Lipinski definition) is 3. The predicted molar refractivity (Wildman–Crippen MR) is 134 cm³/mol. The lowest BCUT2D eigenvalue weighted by atomic mass is 9.91. The fourth-order valence-corrected chi connectivity index (χ4v) is 4.90. The minimum absolute atomic E-state index is 0. The van der Waals surface area contributed by atoms with Crippen LogP contribution >= 0.6 is 0 Å². The molecule has 0 bridgehead atoms. The second-order valence-electron chi connectivity index (χ2n) is 9.19. The van der Waals surface area contributed by atoms with E-state index < -0.39 is 11.6 Å². The van der Waals surface area contributed by atoms with Crippen LogP contribution in [-0.4, -0.2) is 50.7 Å². The summed E-state index contributed by atoms with van der Waals surface area (Å²) >= 11 is 0. The molecule has 1 aromatic carbocycles. The van der Waals surface area contributed by atoms with E-state index in [0.29, 0.717) is 36.3 Å². The minimum Gasteiger partial charge on any atom is -0.381 e. The molecule has 36 heavy (non-hydrogen) atoms. The van der Waals surface area contributed by atoms with Gasteiger partial charge in [-0.3, -0.25) is 9.36 Å². The van der Waals surface area contributed by atoms with E-state index in [9.17, 15) is 13.6 Å². The van der Waals surface area contributed by atoms with Crippen molar-refractivity contribution in [2.75, 3.05) is 23.8 Å². The number of rotatable bonds is 6. The number of carbonyl (C=O) groups excluding carboxylic acids is 1. The van der Waals surface area contributed by atoms with Gasteiger partial charge in [0, 0.05) is 44.3 Å². The monoisotopic (exact) mass is 501 g/mol. The van der Waals surface area contributed by atoms with Crippen LogP contribution in [0.3, 0.4) is 0 Å². The minimum atomic E-state index is -0.703. The first-order valence-corrected chi connectivity index (χ1v) is 12.0. The van der Waals surface area contributed by atoms with Crippen molar-refractivity contribution in [1.29, 1.82) is 0 Å². The van der Waals surface area contributed by atoms with Crippen LogP contribution in [-0.2, 0) is 9.53 Å². The first-order chi connectivity index (χ1) is 17.0. The van der Waals surface area contributed by atoms with Crippen molar-refractivity contribution in [2.24, 2.45) is 0 Å². The number of nitrogens with one attached hydrogen (secondary N) is 3. The van der Waals surface area contributed by atoms with Crippen LogP contribution in [0.25, 0.3) is 11.2 Å². The number of nitrogens with zero attached hydrogens (tertiary/aromatic N) is 4. The van der Waals surface area contributed by atoms with Gasteiger partial charge in [0.15, 0.2) is 5.65 Å². The Bertz CT molecular complexity index is 1200. The second kappa shape index (κ2) is 11.2. The molecule has 2 aliphatic rings. The molecule has 3 N–H and O–H groups in total. The van der Waals surface area contributed by atoms with Crippen LogP contribution < -0.4 is 16.0 Å². The molecule has 2 aromatic heterocycles. The highest BCUT2D eigenvalue weighted by Crippen LogP contribution is 2.35. The van der Waals surface area contributed by atoms with Crippen LogP contribution in [0.4, 0.5) is 26.4 Å². The third kappa shape index (κ3) is 5.72. The number of aromatic nitrogens is 4. The van der Waals surface area contributed by atoms with Gasteiger partial charge >= 0.3 is 0 Å². The summed E-state index contributed by atoms with van der Waals surface area (Å²) in [6.45, 7) is 2.93. The number of halogens is 2. The van der Waals surface area contributed by atoms with Crippen molar-refractivity contribution in [3.8, 4) is 0 Å². The molecule has 194 valence electrons. The van der Waals surface area contributed by atoms with Gasteiger partial charge in [0.25, 0.3) is 0 Å². The molecule has 3 heterocycles. The molecule has 1 aliphatic carbocycles. The number of fused-ring (bicyclic) bond motifs is 1. The van der Waals surface area contributed by atoms with Crippen LogP contribution in [0.5, 0.6) is 0 Å². The smallest absolute Gasteiger partial charge is 0.224 e. The maximum atomic E-state index is 14.4. The molecule has 0 atom stereocenters. The molecule has 9 nitrogen and oxygen atoms in total. The van der Waals surface area contributed by atoms with Gasteiger partial charge < -0.3 is 20.7 Å². The molecule has 0 unspecified atom stereocenters. The highest BCUT2D eigenvalue weighted by molar-refractivity contribution is 5.77. The molecular formula is C25H33F2N7O2. The van der Waals surface area contributed by atoms with Crippen molar-refractivity contribution in [2.45, 2.75) is 71.0 Å². The molecular weight excluding hydrogens is 468 g/mol. The Kier molecular flexibility index (Phi) is 7.97. The Morgan fingerprint density at radius 3 is 2.50 bits per heavy atom. The van der Waals surface area contributed by atoms with Gasteiger partial charge in [-0.25, -0.2) is 18.7 Å². The summed E-state index contributed by atoms with van der Waals surface area (Å²) in [5, 5.41) is 9.42. The SMILES string of the molecule is C.CC(=O)NC1CCC(n2c(Nc3ccc(F)cc3F)nc3cnc(NC4CCOCC4)nc32)CC1. The number of amides is 1. The van der Waals surface area contributed by atoms with Gasteiger partial charge in [-0.1, -0.05) is 7.43 Å². The number of ether oxygens (including phenoxy) is 1. The molecule has 0 radical (unpaired) electrons. The average molecular weight is 502 g/mol. The zero-order valence-corrected chi connectivity index (χ0v) is 19.6. The number of benzene rings is 1.